The van der Waals surface area contributed by atoms with Gasteiger partial charge in [-0.15, -0.1) is 0 Å². The Morgan fingerprint density at radius 3 is 1.84 bits per heavy atom. The van der Waals surface area contributed by atoms with Crippen LogP contribution in [0, 0.1) is 0 Å². The van der Waals surface area contributed by atoms with Gasteiger partial charge in [0.15, 0.2) is 0 Å². The van der Waals surface area contributed by atoms with Crippen LogP contribution in [0.3, 0.4) is 0 Å². The molecule has 0 radical (unpaired) electrons. The molecule has 0 spiro atoms. The van der Waals surface area contributed by atoms with Crippen LogP contribution >= 0.6 is 0 Å². The van der Waals surface area contributed by atoms with E-state index in [1.165, 1.54) is 24.0 Å². The molecule has 1 atom stereocenters. The first-order chi connectivity index (χ1) is 11.7. The van der Waals surface area contributed by atoms with Crippen molar-refractivity contribution in [2.75, 3.05) is 0 Å². The van der Waals surface area contributed by atoms with Gasteiger partial charge in [-0.2, -0.15) is 0 Å². The van der Waals surface area contributed by atoms with Gasteiger partial charge in [-0.05, 0) is 65.7 Å². The molecular weight excluding hydrogens is 322 g/mol. The predicted octanol–water partition coefficient (Wildman–Crippen LogP) is 6.00. The van der Waals surface area contributed by atoms with E-state index in [1.54, 1.807) is 0 Å². The first kappa shape index (κ1) is 18.2. The summed E-state index contributed by atoms with van der Waals surface area (Å²) in [6.07, 6.45) is 2.67. The van der Waals surface area contributed by atoms with Crippen molar-refractivity contribution in [3.05, 3.63) is 65.2 Å². The summed E-state index contributed by atoms with van der Waals surface area (Å²) in [4.78, 5) is 0. The molecule has 3 rings (SSSR count). The van der Waals surface area contributed by atoms with E-state index >= 15 is 0 Å². The summed E-state index contributed by atoms with van der Waals surface area (Å²) >= 11 is 0. The molecule has 1 aliphatic carbocycles. The van der Waals surface area contributed by atoms with E-state index in [0.717, 1.165) is 17.2 Å². The summed E-state index contributed by atoms with van der Waals surface area (Å²) in [6.45, 7) is 11.3. The fourth-order valence-corrected chi connectivity index (χ4v) is 3.81. The summed E-state index contributed by atoms with van der Waals surface area (Å²) < 4.78 is 6.35. The molecule has 2 nitrogen and oxygen atoms in total. The average Bonchev–Trinajstić information content (AvgIpc) is 3.39. The Balaban J connectivity index is 1.70. The third-order valence-corrected chi connectivity index (χ3v) is 10.1. The third-order valence-electron chi connectivity index (χ3n) is 5.76. The van der Waals surface area contributed by atoms with E-state index in [1.807, 2.05) is 0 Å². The van der Waals surface area contributed by atoms with Crippen molar-refractivity contribution in [2.45, 2.75) is 63.7 Å². The molecule has 1 unspecified atom stereocenters. The van der Waals surface area contributed by atoms with Crippen molar-refractivity contribution >= 4 is 8.32 Å². The smallest absolute Gasteiger partial charge is 0.250 e. The summed E-state index contributed by atoms with van der Waals surface area (Å²) in [5, 5.41) is 0.200. The maximum absolute atomic E-state index is 6.47. The number of rotatable bonds is 5. The van der Waals surface area contributed by atoms with Crippen molar-refractivity contribution in [1.82, 2.24) is 0 Å². The molecule has 0 heterocycles. The lowest BCUT2D eigenvalue weighted by Crippen LogP contribution is -2.43. The van der Waals surface area contributed by atoms with E-state index in [-0.39, 0.29) is 11.1 Å². The van der Waals surface area contributed by atoms with E-state index < -0.39 is 8.32 Å². The van der Waals surface area contributed by atoms with E-state index in [4.69, 9.17) is 10.2 Å². The fraction of sp³-hybridized carbons (Fsp3) is 0.455. The molecule has 2 aromatic rings. The Labute approximate surface area is 153 Å². The first-order valence-electron chi connectivity index (χ1n) is 9.32. The zero-order valence-corrected chi connectivity index (χ0v) is 17.2. The molecule has 1 saturated carbocycles. The standard InChI is InChI=1S/C22H31NOSi/c1-22(2,3)25(4,5)24-20-14-12-19(13-15-20)21(23)18-10-8-17(9-11-18)16-6-7-16/h8-16,21H,6-7,23H2,1-5H3. The van der Waals surface area contributed by atoms with Gasteiger partial charge in [0.1, 0.15) is 5.75 Å². The number of nitrogens with two attached hydrogens (primary N) is 1. The highest BCUT2D eigenvalue weighted by Gasteiger charge is 2.38. The first-order valence-corrected chi connectivity index (χ1v) is 12.2. The van der Waals surface area contributed by atoms with Crippen molar-refractivity contribution < 1.29 is 4.43 Å². The van der Waals surface area contributed by atoms with Crippen molar-refractivity contribution in [3.8, 4) is 5.75 Å². The van der Waals surface area contributed by atoms with Crippen molar-refractivity contribution in [1.29, 1.82) is 0 Å². The van der Waals surface area contributed by atoms with Crippen LogP contribution in [0.25, 0.3) is 0 Å². The minimum absolute atomic E-state index is 0.0878. The highest BCUT2D eigenvalue weighted by atomic mass is 28.4. The molecule has 3 heteroatoms. The molecule has 2 N–H and O–H groups in total. The van der Waals surface area contributed by atoms with Crippen LogP contribution in [0.2, 0.25) is 18.1 Å². The zero-order chi connectivity index (χ0) is 18.2. The lowest BCUT2D eigenvalue weighted by Gasteiger charge is -2.36. The normalized spacial score (nSPS) is 16.6. The number of hydrogen-bond acceptors (Lipinski definition) is 2. The number of hydrogen-bond donors (Lipinski definition) is 1. The summed E-state index contributed by atoms with van der Waals surface area (Å²) in [5.41, 5.74) is 10.2. The zero-order valence-electron chi connectivity index (χ0n) is 16.2. The number of benzene rings is 2. The molecule has 1 aliphatic rings. The molecule has 2 aromatic carbocycles. The van der Waals surface area contributed by atoms with Crippen LogP contribution < -0.4 is 10.2 Å². The SMILES string of the molecule is CC(C)(C)[Si](C)(C)Oc1ccc(C(N)c2ccc(C3CC3)cc2)cc1. The maximum Gasteiger partial charge on any atom is 0.250 e. The Bertz CT molecular complexity index is 709. The minimum Gasteiger partial charge on any atom is -0.544 e. The molecule has 1 fully saturated rings. The van der Waals surface area contributed by atoms with Gasteiger partial charge in [0.25, 0.3) is 0 Å². The summed E-state index contributed by atoms with van der Waals surface area (Å²) in [7, 11) is -1.80. The molecular formula is C22H31NOSi. The molecule has 0 aromatic heterocycles. The van der Waals surface area contributed by atoms with Crippen LogP contribution in [-0.4, -0.2) is 8.32 Å². The Morgan fingerprint density at radius 2 is 1.40 bits per heavy atom. The fourth-order valence-electron chi connectivity index (χ4n) is 2.78. The summed E-state index contributed by atoms with van der Waals surface area (Å²) in [5.74, 6) is 1.74. The second-order valence-corrected chi connectivity index (χ2v) is 13.6. The van der Waals surface area contributed by atoms with Gasteiger partial charge in [-0.1, -0.05) is 57.2 Å². The van der Waals surface area contributed by atoms with Crippen LogP contribution in [-0.2, 0) is 0 Å². The monoisotopic (exact) mass is 353 g/mol. The molecule has 25 heavy (non-hydrogen) atoms. The summed E-state index contributed by atoms with van der Waals surface area (Å²) in [6, 6.07) is 17.1. The average molecular weight is 354 g/mol. The van der Waals surface area contributed by atoms with E-state index in [0.29, 0.717) is 0 Å². The van der Waals surface area contributed by atoms with Gasteiger partial charge < -0.3 is 10.2 Å². The van der Waals surface area contributed by atoms with Gasteiger partial charge in [0, 0.05) is 0 Å². The minimum atomic E-state index is -1.80. The molecule has 0 saturated heterocycles. The van der Waals surface area contributed by atoms with Gasteiger partial charge in [-0.3, -0.25) is 0 Å². The second kappa shape index (κ2) is 6.62. The van der Waals surface area contributed by atoms with Gasteiger partial charge in [0.05, 0.1) is 6.04 Å². The van der Waals surface area contributed by atoms with Gasteiger partial charge >= 0.3 is 0 Å². The van der Waals surface area contributed by atoms with Crippen molar-refractivity contribution in [3.63, 3.8) is 0 Å². The highest BCUT2D eigenvalue weighted by molar-refractivity contribution is 6.74. The Kier molecular flexibility index (Phi) is 4.82. The largest absolute Gasteiger partial charge is 0.544 e. The van der Waals surface area contributed by atoms with Gasteiger partial charge in [0.2, 0.25) is 8.32 Å². The quantitative estimate of drug-likeness (QED) is 0.669. The maximum atomic E-state index is 6.47. The Morgan fingerprint density at radius 1 is 0.920 bits per heavy atom. The lowest BCUT2D eigenvalue weighted by atomic mass is 9.98. The third kappa shape index (κ3) is 4.16. The van der Waals surface area contributed by atoms with Crippen LogP contribution in [0.4, 0.5) is 0 Å². The van der Waals surface area contributed by atoms with E-state index in [2.05, 4.69) is 82.4 Å². The predicted molar refractivity (Wildman–Crippen MR) is 109 cm³/mol. The van der Waals surface area contributed by atoms with Crippen LogP contribution in [0.5, 0.6) is 5.75 Å². The van der Waals surface area contributed by atoms with E-state index in [9.17, 15) is 0 Å². The Hall–Kier alpha value is -1.58. The lowest BCUT2D eigenvalue weighted by molar-refractivity contribution is 0.492. The van der Waals surface area contributed by atoms with Crippen LogP contribution in [0.1, 0.15) is 62.3 Å². The second-order valence-electron chi connectivity index (χ2n) is 8.85. The molecule has 134 valence electrons. The van der Waals surface area contributed by atoms with Crippen LogP contribution in [0.15, 0.2) is 48.5 Å². The highest BCUT2D eigenvalue weighted by Crippen LogP contribution is 2.40. The molecule has 0 amide bonds. The molecule has 0 bridgehead atoms. The van der Waals surface area contributed by atoms with Crippen molar-refractivity contribution in [2.24, 2.45) is 5.73 Å². The van der Waals surface area contributed by atoms with Gasteiger partial charge in [-0.25, -0.2) is 0 Å². The topological polar surface area (TPSA) is 35.2 Å². The molecule has 0 aliphatic heterocycles.